The van der Waals surface area contributed by atoms with Crippen LogP contribution in [0, 0.1) is 6.92 Å². The summed E-state index contributed by atoms with van der Waals surface area (Å²) in [7, 11) is 1.64. The fraction of sp³-hybridized carbons (Fsp3) is 0.423. The number of likely N-dealkylation sites (N-methyl/N-ethyl adjacent to an activating group) is 1. The molecule has 1 saturated carbocycles. The van der Waals surface area contributed by atoms with Crippen LogP contribution in [0.4, 0.5) is 9.18 Å². The number of hydrogen-bond donors (Lipinski definition) is 0. The van der Waals surface area contributed by atoms with Gasteiger partial charge >= 0.3 is 6.03 Å². The van der Waals surface area contributed by atoms with E-state index < -0.39 is 17.8 Å². The Morgan fingerprint density at radius 3 is 2.66 bits per heavy atom. The molecule has 2 atom stereocenters. The number of aryl methyl sites for hydroxylation is 1. The van der Waals surface area contributed by atoms with Gasteiger partial charge in [0.05, 0.1) is 16.8 Å². The third-order valence-corrected chi connectivity index (χ3v) is 8.43. The SMILES string of the molecule is Cc1cc(Cl)cc(-c2ccnc3cc(CN4C(=O)N(C)C(C)(C)C4=O)sc23)c1O[C@@H]1CCC[C@@H]1F. The monoisotopic (exact) mass is 515 g/mol. The van der Waals surface area contributed by atoms with Crippen LogP contribution in [0.15, 0.2) is 30.5 Å². The van der Waals surface area contributed by atoms with Crippen LogP contribution in [0.3, 0.4) is 0 Å². The number of fused-ring (bicyclic) bond motifs is 1. The van der Waals surface area contributed by atoms with Gasteiger partial charge in [0.25, 0.3) is 5.91 Å². The van der Waals surface area contributed by atoms with E-state index in [9.17, 15) is 14.0 Å². The highest BCUT2D eigenvalue weighted by Crippen LogP contribution is 2.43. The maximum Gasteiger partial charge on any atom is 0.327 e. The maximum atomic E-state index is 14.4. The number of carbonyl (C=O) groups is 2. The maximum absolute atomic E-state index is 14.4. The molecule has 0 spiro atoms. The van der Waals surface area contributed by atoms with Crippen molar-refractivity contribution in [2.75, 3.05) is 7.05 Å². The highest BCUT2D eigenvalue weighted by molar-refractivity contribution is 7.19. The van der Waals surface area contributed by atoms with Crippen LogP contribution in [0.25, 0.3) is 21.3 Å². The lowest BCUT2D eigenvalue weighted by Gasteiger charge is -2.22. The molecule has 6 nitrogen and oxygen atoms in total. The van der Waals surface area contributed by atoms with E-state index >= 15 is 0 Å². The molecule has 2 aliphatic rings. The molecule has 9 heteroatoms. The summed E-state index contributed by atoms with van der Waals surface area (Å²) in [6.07, 6.45) is 2.26. The second kappa shape index (κ2) is 8.75. The smallest absolute Gasteiger partial charge is 0.327 e. The van der Waals surface area contributed by atoms with E-state index in [0.29, 0.717) is 23.6 Å². The first-order chi connectivity index (χ1) is 16.6. The van der Waals surface area contributed by atoms with Gasteiger partial charge in [-0.3, -0.25) is 14.7 Å². The molecule has 0 radical (unpaired) electrons. The predicted molar refractivity (Wildman–Crippen MR) is 136 cm³/mol. The molecule has 2 fully saturated rings. The van der Waals surface area contributed by atoms with Crippen molar-refractivity contribution >= 4 is 45.1 Å². The number of amides is 3. The molecule has 0 unspecified atom stereocenters. The first-order valence-corrected chi connectivity index (χ1v) is 12.9. The molecule has 3 heterocycles. The Bertz CT molecular complexity index is 1340. The van der Waals surface area contributed by atoms with Crippen molar-refractivity contribution in [2.24, 2.45) is 0 Å². The highest BCUT2D eigenvalue weighted by atomic mass is 35.5. The predicted octanol–water partition coefficient (Wildman–Crippen LogP) is 6.37. The van der Waals surface area contributed by atoms with Crippen LogP contribution in [-0.2, 0) is 11.3 Å². The molecule has 0 bridgehead atoms. The van der Waals surface area contributed by atoms with E-state index in [2.05, 4.69) is 4.98 Å². The zero-order valence-corrected chi connectivity index (χ0v) is 21.7. The van der Waals surface area contributed by atoms with Crippen LogP contribution in [0.5, 0.6) is 5.75 Å². The van der Waals surface area contributed by atoms with Crippen molar-refractivity contribution in [3.8, 4) is 16.9 Å². The molecular weight excluding hydrogens is 489 g/mol. The summed E-state index contributed by atoms with van der Waals surface area (Å²) in [4.78, 5) is 33.7. The molecule has 0 N–H and O–H groups in total. The number of pyridine rings is 1. The first-order valence-electron chi connectivity index (χ1n) is 11.7. The molecule has 2 aromatic heterocycles. The minimum absolute atomic E-state index is 0.176. The van der Waals surface area contributed by atoms with Crippen LogP contribution >= 0.6 is 22.9 Å². The Kier molecular flexibility index (Phi) is 6.00. The first kappa shape index (κ1) is 24.0. The molecule has 1 aromatic carbocycles. The molecular formula is C26H27ClFN3O3S. The van der Waals surface area contributed by atoms with Gasteiger partial charge in [0.15, 0.2) is 0 Å². The van der Waals surface area contributed by atoms with Crippen molar-refractivity contribution in [1.82, 2.24) is 14.8 Å². The second-order valence-electron chi connectivity index (χ2n) is 9.78. The standard InChI is InChI=1S/C26H27ClFN3O3S/c1-14-10-15(27)11-18(22(14)34-21-7-5-6-19(21)28)17-8-9-29-20-12-16(35-23(17)20)13-31-24(32)26(2,3)30(4)25(31)33/h8-12,19,21H,5-7,13H2,1-4H3/t19-,21+/m0/s1. The van der Waals surface area contributed by atoms with Gasteiger partial charge in [-0.25, -0.2) is 9.18 Å². The minimum atomic E-state index is -0.985. The summed E-state index contributed by atoms with van der Waals surface area (Å²) in [6, 6.07) is 7.14. The highest BCUT2D eigenvalue weighted by Gasteiger charge is 2.49. The van der Waals surface area contributed by atoms with E-state index in [-0.39, 0.29) is 18.5 Å². The number of alkyl halides is 1. The number of urea groups is 1. The lowest BCUT2D eigenvalue weighted by molar-refractivity contribution is -0.131. The third kappa shape index (κ3) is 4.06. The average Bonchev–Trinajstić information content (AvgIpc) is 3.45. The number of benzene rings is 1. The van der Waals surface area contributed by atoms with Crippen LogP contribution < -0.4 is 4.74 Å². The Hall–Kier alpha value is -2.71. The van der Waals surface area contributed by atoms with Crippen molar-refractivity contribution in [2.45, 2.75) is 64.4 Å². The van der Waals surface area contributed by atoms with E-state index in [1.807, 2.05) is 31.2 Å². The van der Waals surface area contributed by atoms with Crippen LogP contribution in [0.1, 0.15) is 43.6 Å². The largest absolute Gasteiger partial charge is 0.486 e. The molecule has 1 saturated heterocycles. The fourth-order valence-corrected chi connectivity index (χ4v) is 6.21. The van der Waals surface area contributed by atoms with Gasteiger partial charge in [0, 0.05) is 34.3 Å². The molecule has 1 aliphatic heterocycles. The Morgan fingerprint density at radius 2 is 2.00 bits per heavy atom. The average molecular weight is 516 g/mol. The minimum Gasteiger partial charge on any atom is -0.486 e. The molecule has 5 rings (SSSR count). The molecule has 35 heavy (non-hydrogen) atoms. The van der Waals surface area contributed by atoms with Crippen molar-refractivity contribution < 1.29 is 18.7 Å². The van der Waals surface area contributed by atoms with Gasteiger partial charge in [0.2, 0.25) is 0 Å². The lowest BCUT2D eigenvalue weighted by atomic mass is 10.0. The Morgan fingerprint density at radius 1 is 1.23 bits per heavy atom. The molecule has 1 aliphatic carbocycles. The van der Waals surface area contributed by atoms with E-state index in [0.717, 1.165) is 38.2 Å². The lowest BCUT2D eigenvalue weighted by Crippen LogP contribution is -2.41. The van der Waals surface area contributed by atoms with Crippen molar-refractivity contribution in [1.29, 1.82) is 0 Å². The molecule has 3 amide bonds. The summed E-state index contributed by atoms with van der Waals surface area (Å²) in [5.74, 6) is 0.397. The van der Waals surface area contributed by atoms with E-state index in [1.54, 1.807) is 27.1 Å². The summed E-state index contributed by atoms with van der Waals surface area (Å²) >= 11 is 7.91. The van der Waals surface area contributed by atoms with Crippen LogP contribution in [0.2, 0.25) is 5.02 Å². The van der Waals surface area contributed by atoms with Gasteiger partial charge < -0.3 is 9.64 Å². The number of imide groups is 1. The summed E-state index contributed by atoms with van der Waals surface area (Å²) in [6.45, 7) is 5.57. The fourth-order valence-electron chi connectivity index (χ4n) is 4.80. The zero-order chi connectivity index (χ0) is 25.1. The Balaban J connectivity index is 1.54. The summed E-state index contributed by atoms with van der Waals surface area (Å²) in [5.41, 5.74) is 2.37. The van der Waals surface area contributed by atoms with Gasteiger partial charge in [-0.05, 0) is 69.9 Å². The number of nitrogens with zero attached hydrogens (tertiary/aromatic N) is 3. The van der Waals surface area contributed by atoms with Gasteiger partial charge in [0.1, 0.15) is 23.6 Å². The Labute approximate surface area is 212 Å². The summed E-state index contributed by atoms with van der Waals surface area (Å²) in [5, 5.41) is 0.563. The van der Waals surface area contributed by atoms with Crippen molar-refractivity contribution in [3.63, 3.8) is 0 Å². The van der Waals surface area contributed by atoms with Crippen molar-refractivity contribution in [3.05, 3.63) is 45.9 Å². The number of thiophene rings is 1. The topological polar surface area (TPSA) is 62.7 Å². The number of ether oxygens (including phenoxy) is 1. The number of carbonyl (C=O) groups excluding carboxylic acids is 2. The second-order valence-corrected chi connectivity index (χ2v) is 11.4. The number of hydrogen-bond acceptors (Lipinski definition) is 5. The third-order valence-electron chi connectivity index (χ3n) is 7.07. The summed E-state index contributed by atoms with van der Waals surface area (Å²) < 4.78 is 21.5. The number of rotatable bonds is 5. The van der Waals surface area contributed by atoms with E-state index in [4.69, 9.17) is 16.3 Å². The number of aromatic nitrogens is 1. The molecule has 3 aromatic rings. The number of halogens is 2. The van der Waals surface area contributed by atoms with Gasteiger partial charge in [-0.1, -0.05) is 11.6 Å². The quantitative estimate of drug-likeness (QED) is 0.370. The zero-order valence-electron chi connectivity index (χ0n) is 20.1. The molecule has 184 valence electrons. The van der Waals surface area contributed by atoms with Gasteiger partial charge in [-0.15, -0.1) is 11.3 Å². The normalized spacial score (nSPS) is 22.0. The van der Waals surface area contributed by atoms with Gasteiger partial charge in [-0.2, -0.15) is 0 Å². The van der Waals surface area contributed by atoms with Crippen LogP contribution in [-0.4, -0.2) is 51.6 Å². The van der Waals surface area contributed by atoms with E-state index in [1.165, 1.54) is 21.1 Å².